The molecule has 4 heterocycles. The zero-order valence-corrected chi connectivity index (χ0v) is 11.3. The molecule has 20 heavy (non-hydrogen) atoms. The van der Waals surface area contributed by atoms with E-state index in [9.17, 15) is 0 Å². The summed E-state index contributed by atoms with van der Waals surface area (Å²) >= 11 is 0. The maximum Gasteiger partial charge on any atom is 0.143 e. The van der Waals surface area contributed by atoms with Crippen molar-refractivity contribution < 1.29 is 0 Å². The third kappa shape index (κ3) is 1.68. The van der Waals surface area contributed by atoms with Gasteiger partial charge in [-0.05, 0) is 12.0 Å². The number of hydrogen-bond acceptors (Lipinski definition) is 4. The number of imidazole rings is 1. The van der Waals surface area contributed by atoms with E-state index in [2.05, 4.69) is 36.7 Å². The van der Waals surface area contributed by atoms with Crippen LogP contribution < -0.4 is 5.32 Å². The van der Waals surface area contributed by atoms with Gasteiger partial charge in [0.05, 0.1) is 17.8 Å². The van der Waals surface area contributed by atoms with Crippen LogP contribution in [0, 0.1) is 0 Å². The average molecular weight is 268 g/mol. The maximum atomic E-state index is 4.43. The lowest BCUT2D eigenvalue weighted by Gasteiger charge is -2.13. The molecule has 3 aromatic rings. The molecular formula is C14H16N6. The molecule has 0 saturated heterocycles. The maximum absolute atomic E-state index is 4.43. The summed E-state index contributed by atoms with van der Waals surface area (Å²) < 4.78 is 2.19. The van der Waals surface area contributed by atoms with Crippen molar-refractivity contribution in [1.82, 2.24) is 24.5 Å². The van der Waals surface area contributed by atoms with Crippen molar-refractivity contribution in [3.8, 4) is 0 Å². The van der Waals surface area contributed by atoms with E-state index >= 15 is 0 Å². The highest BCUT2D eigenvalue weighted by Gasteiger charge is 2.22. The Morgan fingerprint density at radius 3 is 3.25 bits per heavy atom. The highest BCUT2D eigenvalue weighted by Crippen LogP contribution is 2.26. The number of nitrogens with one attached hydrogen (secondary N) is 2. The van der Waals surface area contributed by atoms with Crippen LogP contribution in [-0.4, -0.2) is 30.5 Å². The van der Waals surface area contributed by atoms with Crippen LogP contribution >= 0.6 is 0 Å². The molecule has 0 fully saturated rings. The topological polar surface area (TPSA) is 71.4 Å². The molecule has 0 saturated carbocycles. The van der Waals surface area contributed by atoms with Gasteiger partial charge in [0.2, 0.25) is 0 Å². The van der Waals surface area contributed by atoms with E-state index in [0.717, 1.165) is 36.2 Å². The monoisotopic (exact) mass is 268 g/mol. The third-order valence-electron chi connectivity index (χ3n) is 3.94. The van der Waals surface area contributed by atoms with Gasteiger partial charge in [-0.2, -0.15) is 0 Å². The molecule has 6 heteroatoms. The Labute approximate surface area is 116 Å². The van der Waals surface area contributed by atoms with E-state index in [1.54, 1.807) is 6.33 Å². The van der Waals surface area contributed by atoms with Crippen LogP contribution in [0.3, 0.4) is 0 Å². The zero-order chi connectivity index (χ0) is 13.5. The first-order valence-electron chi connectivity index (χ1n) is 6.91. The van der Waals surface area contributed by atoms with Crippen molar-refractivity contribution in [2.45, 2.75) is 32.4 Å². The molecule has 2 N–H and O–H groups in total. The summed E-state index contributed by atoms with van der Waals surface area (Å²) in [4.78, 5) is 16.1. The zero-order valence-electron chi connectivity index (χ0n) is 11.3. The Morgan fingerprint density at radius 1 is 1.45 bits per heavy atom. The summed E-state index contributed by atoms with van der Waals surface area (Å²) in [6, 6.07) is 0.366. The van der Waals surface area contributed by atoms with E-state index in [1.165, 1.54) is 11.3 Å². The fourth-order valence-corrected chi connectivity index (χ4v) is 2.94. The highest BCUT2D eigenvalue weighted by molar-refractivity contribution is 5.90. The Morgan fingerprint density at radius 2 is 2.40 bits per heavy atom. The summed E-state index contributed by atoms with van der Waals surface area (Å²) in [5.41, 5.74) is 3.43. The highest BCUT2D eigenvalue weighted by atomic mass is 15.1. The number of rotatable bonds is 3. The van der Waals surface area contributed by atoms with Crippen LogP contribution in [0.1, 0.15) is 18.2 Å². The van der Waals surface area contributed by atoms with Gasteiger partial charge in [0, 0.05) is 31.1 Å². The number of H-pyrrole nitrogens is 1. The average Bonchev–Trinajstić information content (AvgIpc) is 3.11. The molecule has 0 bridgehead atoms. The van der Waals surface area contributed by atoms with Crippen LogP contribution in [0.4, 0.5) is 5.82 Å². The second kappa shape index (κ2) is 4.33. The summed E-state index contributed by atoms with van der Waals surface area (Å²) in [6.07, 6.45) is 9.41. The lowest BCUT2D eigenvalue weighted by Crippen LogP contribution is -2.21. The molecule has 0 amide bonds. The number of hydrogen-bond donors (Lipinski definition) is 2. The van der Waals surface area contributed by atoms with Gasteiger partial charge >= 0.3 is 0 Å². The predicted molar refractivity (Wildman–Crippen MR) is 76.6 cm³/mol. The summed E-state index contributed by atoms with van der Waals surface area (Å²) in [5, 5.41) is 4.67. The van der Waals surface area contributed by atoms with E-state index in [1.807, 2.05) is 18.7 Å². The SMILES string of the molecule is CCc1c[nH]c2ncnc(NC3Cc4cncn4C3)c12. The lowest BCUT2D eigenvalue weighted by molar-refractivity contribution is 0.669. The van der Waals surface area contributed by atoms with Crippen LogP contribution in [0.15, 0.2) is 25.0 Å². The Kier molecular flexibility index (Phi) is 2.48. The number of fused-ring (bicyclic) bond motifs is 2. The van der Waals surface area contributed by atoms with Crippen molar-refractivity contribution in [3.05, 3.63) is 36.3 Å². The second-order valence-electron chi connectivity index (χ2n) is 5.20. The summed E-state index contributed by atoms with van der Waals surface area (Å²) in [6.45, 7) is 3.08. The minimum atomic E-state index is 0.366. The number of aryl methyl sites for hydroxylation is 1. The standard InChI is InChI=1S/C14H16N6/c1-2-9-4-16-13-12(9)14(18-7-17-13)19-10-3-11-5-15-8-20(11)6-10/h4-5,7-8,10H,2-3,6H2,1H3,(H2,16,17,18,19). The molecule has 3 aromatic heterocycles. The Hall–Kier alpha value is -2.37. The number of aromatic amines is 1. The van der Waals surface area contributed by atoms with E-state index in [4.69, 9.17) is 0 Å². The molecule has 6 nitrogen and oxygen atoms in total. The molecule has 102 valence electrons. The van der Waals surface area contributed by atoms with Gasteiger partial charge in [-0.1, -0.05) is 6.92 Å². The van der Waals surface area contributed by atoms with Gasteiger partial charge < -0.3 is 14.9 Å². The van der Waals surface area contributed by atoms with E-state index in [0.29, 0.717) is 6.04 Å². The second-order valence-corrected chi connectivity index (χ2v) is 5.20. The minimum Gasteiger partial charge on any atom is -0.364 e. The molecule has 0 spiro atoms. The molecule has 1 aliphatic rings. The molecule has 1 unspecified atom stereocenters. The van der Waals surface area contributed by atoms with Gasteiger partial charge in [-0.15, -0.1) is 0 Å². The Balaban J connectivity index is 1.66. The van der Waals surface area contributed by atoms with Crippen molar-refractivity contribution >= 4 is 16.9 Å². The molecule has 1 aliphatic heterocycles. The van der Waals surface area contributed by atoms with Gasteiger partial charge in [-0.25, -0.2) is 15.0 Å². The number of anilines is 1. The fraction of sp³-hybridized carbons (Fsp3) is 0.357. The first-order chi connectivity index (χ1) is 9.85. The number of aromatic nitrogens is 5. The summed E-state index contributed by atoms with van der Waals surface area (Å²) in [5.74, 6) is 0.928. The van der Waals surface area contributed by atoms with Crippen molar-refractivity contribution in [3.63, 3.8) is 0 Å². The van der Waals surface area contributed by atoms with Crippen LogP contribution in [-0.2, 0) is 19.4 Å². The molecule has 0 radical (unpaired) electrons. The largest absolute Gasteiger partial charge is 0.364 e. The van der Waals surface area contributed by atoms with Gasteiger partial charge in [-0.3, -0.25) is 0 Å². The molecule has 1 atom stereocenters. The smallest absolute Gasteiger partial charge is 0.143 e. The van der Waals surface area contributed by atoms with E-state index in [-0.39, 0.29) is 0 Å². The van der Waals surface area contributed by atoms with Crippen molar-refractivity contribution in [1.29, 1.82) is 0 Å². The van der Waals surface area contributed by atoms with Crippen molar-refractivity contribution in [2.75, 3.05) is 5.32 Å². The Bertz CT molecular complexity index is 735. The molecule has 4 rings (SSSR count). The first-order valence-corrected chi connectivity index (χ1v) is 6.91. The molecule has 0 aliphatic carbocycles. The van der Waals surface area contributed by atoms with Crippen LogP contribution in [0.2, 0.25) is 0 Å². The minimum absolute atomic E-state index is 0.366. The predicted octanol–water partition coefficient (Wildman–Crippen LogP) is 1.75. The van der Waals surface area contributed by atoms with Crippen LogP contribution in [0.5, 0.6) is 0 Å². The normalized spacial score (nSPS) is 17.6. The first kappa shape index (κ1) is 11.5. The lowest BCUT2D eigenvalue weighted by atomic mass is 10.1. The van der Waals surface area contributed by atoms with Gasteiger partial charge in [0.1, 0.15) is 17.8 Å². The van der Waals surface area contributed by atoms with Gasteiger partial charge in [0.15, 0.2) is 0 Å². The van der Waals surface area contributed by atoms with Gasteiger partial charge in [0.25, 0.3) is 0 Å². The summed E-state index contributed by atoms with van der Waals surface area (Å²) in [7, 11) is 0. The molecular weight excluding hydrogens is 252 g/mol. The van der Waals surface area contributed by atoms with Crippen molar-refractivity contribution in [2.24, 2.45) is 0 Å². The molecule has 0 aromatic carbocycles. The quantitative estimate of drug-likeness (QED) is 0.759. The van der Waals surface area contributed by atoms with Crippen LogP contribution in [0.25, 0.3) is 11.0 Å². The fourth-order valence-electron chi connectivity index (χ4n) is 2.94. The van der Waals surface area contributed by atoms with E-state index < -0.39 is 0 Å². The third-order valence-corrected chi connectivity index (χ3v) is 3.94. The number of nitrogens with zero attached hydrogens (tertiary/aromatic N) is 4.